The SMILES string of the molecule is N#C[C@@H](C(=O)Nc1ccccc1)c1ccc(F)cn1. The maximum Gasteiger partial charge on any atom is 0.247 e. The van der Waals surface area contributed by atoms with Crippen LogP contribution >= 0.6 is 0 Å². The summed E-state index contributed by atoms with van der Waals surface area (Å²) in [5, 5.41) is 11.7. The summed E-state index contributed by atoms with van der Waals surface area (Å²) in [6.45, 7) is 0. The number of halogens is 1. The van der Waals surface area contributed by atoms with Crippen LogP contribution in [0.25, 0.3) is 0 Å². The van der Waals surface area contributed by atoms with Gasteiger partial charge in [-0.05, 0) is 24.3 Å². The second kappa shape index (κ2) is 5.74. The van der Waals surface area contributed by atoms with E-state index in [4.69, 9.17) is 5.26 Å². The highest BCUT2D eigenvalue weighted by atomic mass is 19.1. The number of amides is 1. The van der Waals surface area contributed by atoms with Gasteiger partial charge in [0.1, 0.15) is 5.82 Å². The van der Waals surface area contributed by atoms with Gasteiger partial charge in [0.15, 0.2) is 5.92 Å². The number of hydrogen-bond donors (Lipinski definition) is 1. The molecule has 0 saturated carbocycles. The van der Waals surface area contributed by atoms with E-state index >= 15 is 0 Å². The fourth-order valence-corrected chi connectivity index (χ4v) is 1.55. The zero-order valence-corrected chi connectivity index (χ0v) is 9.88. The first kappa shape index (κ1) is 12.7. The van der Waals surface area contributed by atoms with Crippen molar-refractivity contribution in [2.45, 2.75) is 5.92 Å². The molecular formula is C14H10FN3O. The molecule has 5 heteroatoms. The van der Waals surface area contributed by atoms with Crippen molar-refractivity contribution in [1.82, 2.24) is 4.98 Å². The van der Waals surface area contributed by atoms with Crippen LogP contribution in [0, 0.1) is 17.1 Å². The Morgan fingerprint density at radius 3 is 2.58 bits per heavy atom. The molecule has 19 heavy (non-hydrogen) atoms. The number of benzene rings is 1. The normalized spacial score (nSPS) is 11.4. The molecule has 94 valence electrons. The van der Waals surface area contributed by atoms with Crippen molar-refractivity contribution in [2.24, 2.45) is 0 Å². The van der Waals surface area contributed by atoms with E-state index in [0.717, 1.165) is 6.20 Å². The van der Waals surface area contributed by atoms with E-state index in [1.54, 1.807) is 24.3 Å². The number of nitriles is 1. The van der Waals surface area contributed by atoms with Gasteiger partial charge in [0.05, 0.1) is 18.0 Å². The molecule has 0 bridgehead atoms. The average Bonchev–Trinajstić information content (AvgIpc) is 2.43. The van der Waals surface area contributed by atoms with Crippen LogP contribution in [0.2, 0.25) is 0 Å². The molecule has 0 spiro atoms. The van der Waals surface area contributed by atoms with Gasteiger partial charge in [0, 0.05) is 5.69 Å². The molecule has 1 aromatic carbocycles. The van der Waals surface area contributed by atoms with E-state index in [0.29, 0.717) is 5.69 Å². The van der Waals surface area contributed by atoms with Crippen molar-refractivity contribution >= 4 is 11.6 Å². The van der Waals surface area contributed by atoms with Gasteiger partial charge in [0.2, 0.25) is 5.91 Å². The van der Waals surface area contributed by atoms with E-state index in [2.05, 4.69) is 10.3 Å². The molecule has 0 aliphatic heterocycles. The Balaban J connectivity index is 2.16. The third-order valence-corrected chi connectivity index (χ3v) is 2.48. The van der Waals surface area contributed by atoms with Crippen LogP contribution in [0.1, 0.15) is 11.6 Å². The van der Waals surface area contributed by atoms with Crippen LogP contribution < -0.4 is 5.32 Å². The number of carbonyl (C=O) groups is 1. The number of pyridine rings is 1. The van der Waals surface area contributed by atoms with Gasteiger partial charge in [-0.25, -0.2) is 4.39 Å². The molecule has 2 rings (SSSR count). The van der Waals surface area contributed by atoms with Gasteiger partial charge >= 0.3 is 0 Å². The minimum atomic E-state index is -1.07. The fourth-order valence-electron chi connectivity index (χ4n) is 1.55. The lowest BCUT2D eigenvalue weighted by atomic mass is 10.1. The standard InChI is InChI=1S/C14H10FN3O/c15-10-6-7-13(17-9-10)12(8-16)14(19)18-11-4-2-1-3-5-11/h1-7,9,12H,(H,18,19)/t12-/m1/s1. The molecule has 2 aromatic rings. The summed E-state index contributed by atoms with van der Waals surface area (Å²) in [5.41, 5.74) is 0.812. The number of anilines is 1. The number of aromatic nitrogens is 1. The highest BCUT2D eigenvalue weighted by Gasteiger charge is 2.21. The topological polar surface area (TPSA) is 65.8 Å². The molecule has 0 fully saturated rings. The van der Waals surface area contributed by atoms with E-state index < -0.39 is 17.6 Å². The molecule has 1 heterocycles. The second-order valence-corrected chi connectivity index (χ2v) is 3.82. The molecule has 1 atom stereocenters. The number of nitrogens with one attached hydrogen (secondary N) is 1. The van der Waals surface area contributed by atoms with E-state index in [9.17, 15) is 9.18 Å². The number of carbonyl (C=O) groups excluding carboxylic acids is 1. The fraction of sp³-hybridized carbons (Fsp3) is 0.0714. The maximum absolute atomic E-state index is 12.8. The van der Waals surface area contributed by atoms with E-state index in [-0.39, 0.29) is 5.69 Å². The first-order valence-corrected chi connectivity index (χ1v) is 5.57. The first-order valence-electron chi connectivity index (χ1n) is 5.57. The summed E-state index contributed by atoms with van der Waals surface area (Å²) in [6, 6.07) is 13.1. The van der Waals surface area contributed by atoms with Crippen LogP contribution in [0.5, 0.6) is 0 Å². The number of para-hydroxylation sites is 1. The molecule has 0 saturated heterocycles. The van der Waals surface area contributed by atoms with Gasteiger partial charge < -0.3 is 5.32 Å². The van der Waals surface area contributed by atoms with Crippen LogP contribution in [-0.4, -0.2) is 10.9 Å². The quantitative estimate of drug-likeness (QED) is 0.916. The van der Waals surface area contributed by atoms with Crippen molar-refractivity contribution in [3.05, 3.63) is 60.2 Å². The average molecular weight is 255 g/mol. The lowest BCUT2D eigenvalue weighted by Gasteiger charge is -2.09. The molecule has 0 aliphatic carbocycles. The maximum atomic E-state index is 12.8. The number of rotatable bonds is 3. The molecule has 1 amide bonds. The molecule has 0 aliphatic rings. The monoisotopic (exact) mass is 255 g/mol. The molecule has 0 radical (unpaired) electrons. The number of hydrogen-bond acceptors (Lipinski definition) is 3. The Morgan fingerprint density at radius 2 is 2.00 bits per heavy atom. The second-order valence-electron chi connectivity index (χ2n) is 3.82. The largest absolute Gasteiger partial charge is 0.325 e. The predicted octanol–water partition coefficient (Wildman–Crippen LogP) is 2.47. The third-order valence-electron chi connectivity index (χ3n) is 2.48. The Bertz CT molecular complexity index is 605. The third kappa shape index (κ3) is 3.13. The summed E-state index contributed by atoms with van der Waals surface area (Å²) < 4.78 is 12.8. The minimum Gasteiger partial charge on any atom is -0.325 e. The van der Waals surface area contributed by atoms with Gasteiger partial charge in [-0.3, -0.25) is 9.78 Å². The van der Waals surface area contributed by atoms with Gasteiger partial charge in [0.25, 0.3) is 0 Å². The van der Waals surface area contributed by atoms with E-state index in [1.165, 1.54) is 12.1 Å². The summed E-state index contributed by atoms with van der Waals surface area (Å²) in [7, 11) is 0. The molecule has 4 nitrogen and oxygen atoms in total. The van der Waals surface area contributed by atoms with Gasteiger partial charge in [-0.2, -0.15) is 5.26 Å². The zero-order chi connectivity index (χ0) is 13.7. The van der Waals surface area contributed by atoms with Crippen molar-refractivity contribution in [2.75, 3.05) is 5.32 Å². The summed E-state index contributed by atoms with van der Waals surface area (Å²) in [6.07, 6.45) is 0.982. The Hall–Kier alpha value is -2.74. The highest BCUT2D eigenvalue weighted by Crippen LogP contribution is 2.16. The summed E-state index contributed by atoms with van der Waals surface area (Å²) >= 11 is 0. The Labute approximate surface area is 109 Å². The van der Waals surface area contributed by atoms with Crippen LogP contribution in [0.15, 0.2) is 48.7 Å². The first-order chi connectivity index (χ1) is 9.20. The lowest BCUT2D eigenvalue weighted by Crippen LogP contribution is -2.20. The zero-order valence-electron chi connectivity index (χ0n) is 9.88. The van der Waals surface area contributed by atoms with Gasteiger partial charge in [-0.15, -0.1) is 0 Å². The van der Waals surface area contributed by atoms with Crippen LogP contribution in [0.3, 0.4) is 0 Å². The summed E-state index contributed by atoms with van der Waals surface area (Å²) in [5.74, 6) is -2.07. The predicted molar refractivity (Wildman–Crippen MR) is 67.6 cm³/mol. The highest BCUT2D eigenvalue weighted by molar-refractivity contribution is 5.97. The summed E-state index contributed by atoms with van der Waals surface area (Å²) in [4.78, 5) is 15.7. The Kier molecular flexibility index (Phi) is 3.84. The van der Waals surface area contributed by atoms with Gasteiger partial charge in [-0.1, -0.05) is 18.2 Å². The van der Waals surface area contributed by atoms with Crippen molar-refractivity contribution in [3.63, 3.8) is 0 Å². The van der Waals surface area contributed by atoms with Crippen LogP contribution in [-0.2, 0) is 4.79 Å². The van der Waals surface area contributed by atoms with E-state index in [1.807, 2.05) is 12.1 Å². The number of nitrogens with zero attached hydrogens (tertiary/aromatic N) is 2. The minimum absolute atomic E-state index is 0.220. The van der Waals surface area contributed by atoms with Crippen molar-refractivity contribution < 1.29 is 9.18 Å². The van der Waals surface area contributed by atoms with Crippen molar-refractivity contribution in [1.29, 1.82) is 5.26 Å². The molecule has 0 unspecified atom stereocenters. The molecule has 1 N–H and O–H groups in total. The Morgan fingerprint density at radius 1 is 1.26 bits per heavy atom. The molecular weight excluding hydrogens is 245 g/mol. The van der Waals surface area contributed by atoms with Crippen LogP contribution in [0.4, 0.5) is 10.1 Å². The molecule has 1 aromatic heterocycles. The smallest absolute Gasteiger partial charge is 0.247 e. The van der Waals surface area contributed by atoms with Crippen molar-refractivity contribution in [3.8, 4) is 6.07 Å². The lowest BCUT2D eigenvalue weighted by molar-refractivity contribution is -0.116.